The number of hydrogen-bond donors (Lipinski definition) is 1. The molecule has 1 saturated carbocycles. The molecule has 1 aliphatic rings. The van der Waals surface area contributed by atoms with Crippen LogP contribution in [0.15, 0.2) is 11.6 Å². The van der Waals surface area contributed by atoms with Crippen LogP contribution in [-0.4, -0.2) is 12.6 Å². The highest BCUT2D eigenvalue weighted by Crippen LogP contribution is 2.33. The van der Waals surface area contributed by atoms with Crippen LogP contribution in [0.1, 0.15) is 32.6 Å². The molecular weight excluding hydrogens is 170 g/mol. The van der Waals surface area contributed by atoms with Crippen LogP contribution in [0.3, 0.4) is 0 Å². The van der Waals surface area contributed by atoms with Crippen LogP contribution in [0, 0.1) is 5.92 Å². The van der Waals surface area contributed by atoms with Gasteiger partial charge in [-0.2, -0.15) is 0 Å². The van der Waals surface area contributed by atoms with E-state index in [0.29, 0.717) is 11.1 Å². The number of nitrogens with one attached hydrogen (secondary N) is 1. The van der Waals surface area contributed by atoms with E-state index in [-0.39, 0.29) is 0 Å². The van der Waals surface area contributed by atoms with Crippen LogP contribution in [0.5, 0.6) is 0 Å². The first kappa shape index (κ1) is 10.1. The van der Waals surface area contributed by atoms with E-state index in [1.165, 1.54) is 25.7 Å². The predicted molar refractivity (Wildman–Crippen MR) is 54.4 cm³/mol. The Morgan fingerprint density at radius 1 is 1.67 bits per heavy atom. The summed E-state index contributed by atoms with van der Waals surface area (Å²) in [4.78, 5) is 0. The van der Waals surface area contributed by atoms with Gasteiger partial charge >= 0.3 is 0 Å². The molecule has 0 spiro atoms. The lowest BCUT2D eigenvalue weighted by molar-refractivity contribution is 0.464. The van der Waals surface area contributed by atoms with Gasteiger partial charge in [-0.1, -0.05) is 37.9 Å². The Hall–Kier alpha value is -0.0100. The van der Waals surface area contributed by atoms with Gasteiger partial charge < -0.3 is 5.32 Å². The highest BCUT2D eigenvalue weighted by Gasteiger charge is 2.24. The topological polar surface area (TPSA) is 12.0 Å². The summed E-state index contributed by atoms with van der Waals surface area (Å²) in [7, 11) is 0. The van der Waals surface area contributed by atoms with Crippen molar-refractivity contribution >= 4 is 11.6 Å². The predicted octanol–water partition coefficient (Wildman–Crippen LogP) is 2.91. The van der Waals surface area contributed by atoms with Crippen LogP contribution in [0.25, 0.3) is 0 Å². The molecule has 70 valence electrons. The zero-order valence-electron chi connectivity index (χ0n) is 7.78. The van der Waals surface area contributed by atoms with Crippen LogP contribution < -0.4 is 5.32 Å². The maximum atomic E-state index is 5.67. The monoisotopic (exact) mass is 187 g/mol. The van der Waals surface area contributed by atoms with Crippen molar-refractivity contribution in [3.63, 3.8) is 0 Å². The molecular formula is C10H18ClN. The van der Waals surface area contributed by atoms with E-state index in [0.717, 1.165) is 12.5 Å². The molecule has 0 saturated heterocycles. The molecule has 1 unspecified atom stereocenters. The van der Waals surface area contributed by atoms with Crippen molar-refractivity contribution in [1.29, 1.82) is 0 Å². The smallest absolute Gasteiger partial charge is 0.0310 e. The van der Waals surface area contributed by atoms with E-state index < -0.39 is 0 Å². The van der Waals surface area contributed by atoms with Crippen LogP contribution in [0.4, 0.5) is 0 Å². The summed E-state index contributed by atoms with van der Waals surface area (Å²) in [5.41, 5.74) is 0. The van der Waals surface area contributed by atoms with Gasteiger partial charge in [-0.3, -0.25) is 0 Å². The third-order valence-corrected chi connectivity index (χ3v) is 2.52. The Morgan fingerprint density at radius 3 is 2.75 bits per heavy atom. The Morgan fingerprint density at radius 2 is 2.33 bits per heavy atom. The average Bonchev–Trinajstić information content (AvgIpc) is 2.81. The van der Waals surface area contributed by atoms with E-state index >= 15 is 0 Å². The molecule has 2 heteroatoms. The first-order valence-corrected chi connectivity index (χ1v) is 5.16. The fourth-order valence-corrected chi connectivity index (χ4v) is 1.48. The van der Waals surface area contributed by atoms with Gasteiger partial charge in [-0.05, 0) is 18.8 Å². The third-order valence-electron chi connectivity index (χ3n) is 2.39. The lowest BCUT2D eigenvalue weighted by Gasteiger charge is -2.15. The molecule has 1 atom stereocenters. The van der Waals surface area contributed by atoms with Crippen molar-refractivity contribution in [3.05, 3.63) is 11.6 Å². The zero-order valence-corrected chi connectivity index (χ0v) is 8.53. The SMILES string of the molecule is C=C(Cl)CNC(CC)CC1CC1. The molecule has 0 bridgehead atoms. The zero-order chi connectivity index (χ0) is 8.97. The van der Waals surface area contributed by atoms with Crippen LogP contribution >= 0.6 is 11.6 Å². The molecule has 12 heavy (non-hydrogen) atoms. The molecule has 1 aliphatic carbocycles. The normalized spacial score (nSPS) is 19.2. The first-order valence-electron chi connectivity index (χ1n) is 4.79. The Bertz CT molecular complexity index is 152. The highest BCUT2D eigenvalue weighted by molar-refractivity contribution is 6.29. The summed E-state index contributed by atoms with van der Waals surface area (Å²) in [5.74, 6) is 0.992. The number of hydrogen-bond acceptors (Lipinski definition) is 1. The molecule has 1 rings (SSSR count). The summed E-state index contributed by atoms with van der Waals surface area (Å²) in [5, 5.41) is 4.12. The minimum atomic E-state index is 0.646. The molecule has 0 aromatic carbocycles. The molecule has 0 aromatic heterocycles. The molecule has 0 amide bonds. The van der Waals surface area contributed by atoms with Crippen molar-refractivity contribution in [2.24, 2.45) is 5.92 Å². The van der Waals surface area contributed by atoms with Crippen LogP contribution in [0.2, 0.25) is 0 Å². The lowest BCUT2D eigenvalue weighted by atomic mass is 10.1. The Kier molecular flexibility index (Phi) is 4.10. The van der Waals surface area contributed by atoms with Gasteiger partial charge in [-0.25, -0.2) is 0 Å². The van der Waals surface area contributed by atoms with Gasteiger partial charge in [0.2, 0.25) is 0 Å². The summed E-state index contributed by atoms with van der Waals surface area (Å²) in [6, 6.07) is 0.646. The fourth-order valence-electron chi connectivity index (χ4n) is 1.41. The van der Waals surface area contributed by atoms with Gasteiger partial charge in [0.15, 0.2) is 0 Å². The maximum Gasteiger partial charge on any atom is 0.0310 e. The molecule has 0 heterocycles. The number of halogens is 1. The molecule has 0 aliphatic heterocycles. The molecule has 1 nitrogen and oxygen atoms in total. The Balaban J connectivity index is 2.10. The van der Waals surface area contributed by atoms with E-state index in [2.05, 4.69) is 18.8 Å². The quantitative estimate of drug-likeness (QED) is 0.675. The van der Waals surface area contributed by atoms with Crippen LogP contribution in [-0.2, 0) is 0 Å². The van der Waals surface area contributed by atoms with E-state index in [1.807, 2.05) is 0 Å². The summed E-state index contributed by atoms with van der Waals surface area (Å²) in [6.07, 6.45) is 5.38. The molecule has 0 aromatic rings. The standard InChI is InChI=1S/C10H18ClN/c1-3-10(6-9-4-5-9)12-7-8(2)11/h9-10,12H,2-7H2,1H3. The van der Waals surface area contributed by atoms with Gasteiger partial charge in [0.1, 0.15) is 0 Å². The average molecular weight is 188 g/mol. The van der Waals surface area contributed by atoms with Crippen molar-refractivity contribution in [1.82, 2.24) is 5.32 Å². The maximum absolute atomic E-state index is 5.67. The minimum absolute atomic E-state index is 0.646. The second kappa shape index (κ2) is 4.88. The van der Waals surface area contributed by atoms with Gasteiger partial charge in [-0.15, -0.1) is 0 Å². The summed E-state index contributed by atoms with van der Waals surface area (Å²) in [6.45, 7) is 6.64. The fraction of sp³-hybridized carbons (Fsp3) is 0.800. The summed E-state index contributed by atoms with van der Waals surface area (Å²) < 4.78 is 0. The third kappa shape index (κ3) is 4.13. The summed E-state index contributed by atoms with van der Waals surface area (Å²) >= 11 is 5.67. The van der Waals surface area contributed by atoms with E-state index in [9.17, 15) is 0 Å². The van der Waals surface area contributed by atoms with Gasteiger partial charge in [0.25, 0.3) is 0 Å². The number of rotatable bonds is 6. The highest BCUT2D eigenvalue weighted by atomic mass is 35.5. The second-order valence-corrected chi connectivity index (χ2v) is 4.22. The first-order chi connectivity index (χ1) is 5.72. The molecule has 1 fully saturated rings. The Labute approximate surface area is 80.2 Å². The van der Waals surface area contributed by atoms with Crippen molar-refractivity contribution in [3.8, 4) is 0 Å². The van der Waals surface area contributed by atoms with Crippen molar-refractivity contribution in [2.45, 2.75) is 38.6 Å². The largest absolute Gasteiger partial charge is 0.309 e. The van der Waals surface area contributed by atoms with Gasteiger partial charge in [0, 0.05) is 17.6 Å². The molecule has 0 radical (unpaired) electrons. The van der Waals surface area contributed by atoms with E-state index in [4.69, 9.17) is 11.6 Å². The second-order valence-electron chi connectivity index (χ2n) is 3.68. The van der Waals surface area contributed by atoms with Gasteiger partial charge in [0.05, 0.1) is 0 Å². The van der Waals surface area contributed by atoms with Crippen molar-refractivity contribution in [2.75, 3.05) is 6.54 Å². The minimum Gasteiger partial charge on any atom is -0.309 e. The van der Waals surface area contributed by atoms with Crippen molar-refractivity contribution < 1.29 is 0 Å². The molecule has 1 N–H and O–H groups in total. The lowest BCUT2D eigenvalue weighted by Crippen LogP contribution is -2.29. The van der Waals surface area contributed by atoms with E-state index in [1.54, 1.807) is 0 Å².